The molecule has 0 aromatic heterocycles. The highest BCUT2D eigenvalue weighted by Gasteiger charge is 2.23. The Morgan fingerprint density at radius 1 is 1.12 bits per heavy atom. The molecule has 0 atom stereocenters. The summed E-state index contributed by atoms with van der Waals surface area (Å²) >= 11 is 2.24. The van der Waals surface area contributed by atoms with E-state index in [9.17, 15) is 9.59 Å². The van der Waals surface area contributed by atoms with E-state index in [4.69, 9.17) is 0 Å². The molecule has 1 aliphatic carbocycles. The Hall–Kier alpha value is -2.15. The lowest BCUT2D eigenvalue weighted by Gasteiger charge is -2.06. The van der Waals surface area contributed by atoms with Crippen LogP contribution in [0.5, 0.6) is 0 Å². The maximum Gasteiger partial charge on any atom is 0.251 e. The number of hydrogen-bond donors (Lipinski definition) is 2. The third-order valence-corrected chi connectivity index (χ3v) is 4.63. The maximum absolute atomic E-state index is 12.1. The number of carbonyl (C=O) groups is 2. The predicted octanol–water partition coefficient (Wildman–Crippen LogP) is 4.14. The molecule has 0 saturated heterocycles. The molecule has 0 spiro atoms. The zero-order chi connectivity index (χ0) is 17.8. The van der Waals surface area contributed by atoms with E-state index in [0.29, 0.717) is 11.6 Å². The lowest BCUT2D eigenvalue weighted by atomic mass is 10.1. The van der Waals surface area contributed by atoms with Gasteiger partial charge in [0.25, 0.3) is 5.91 Å². The van der Waals surface area contributed by atoms with Gasteiger partial charge in [-0.25, -0.2) is 0 Å². The minimum absolute atomic E-state index is 0.0371. The lowest BCUT2D eigenvalue weighted by molar-refractivity contribution is -0.111. The standard InChI is InChI=1S/C20H19IN2O2/c1-13-12-16(21)7-10-18(13)23-19(24)11-4-14-2-5-15(6-3-14)20(25)22-17-8-9-17/h2-7,10-12,17H,8-9H2,1H3,(H,22,25)(H,23,24)/b11-4+. The first-order valence-electron chi connectivity index (χ1n) is 8.17. The first-order valence-corrected chi connectivity index (χ1v) is 9.25. The summed E-state index contributed by atoms with van der Waals surface area (Å²) in [6.45, 7) is 1.97. The molecular weight excluding hydrogens is 427 g/mol. The Balaban J connectivity index is 1.58. The first kappa shape index (κ1) is 17.7. The SMILES string of the molecule is Cc1cc(I)ccc1NC(=O)/C=C/c1ccc(C(=O)NC2CC2)cc1. The molecule has 2 N–H and O–H groups in total. The van der Waals surface area contributed by atoms with Gasteiger partial charge < -0.3 is 10.6 Å². The summed E-state index contributed by atoms with van der Waals surface area (Å²) < 4.78 is 1.13. The van der Waals surface area contributed by atoms with E-state index in [-0.39, 0.29) is 11.8 Å². The average molecular weight is 446 g/mol. The largest absolute Gasteiger partial charge is 0.349 e. The lowest BCUT2D eigenvalue weighted by Crippen LogP contribution is -2.25. The van der Waals surface area contributed by atoms with E-state index in [1.54, 1.807) is 18.2 Å². The minimum atomic E-state index is -0.181. The van der Waals surface area contributed by atoms with E-state index in [1.807, 2.05) is 37.3 Å². The van der Waals surface area contributed by atoms with Crippen molar-refractivity contribution >= 4 is 46.2 Å². The van der Waals surface area contributed by atoms with Crippen LogP contribution in [0, 0.1) is 10.5 Å². The Morgan fingerprint density at radius 2 is 1.84 bits per heavy atom. The fraction of sp³-hybridized carbons (Fsp3) is 0.200. The van der Waals surface area contributed by atoms with Crippen molar-refractivity contribution < 1.29 is 9.59 Å². The number of hydrogen-bond acceptors (Lipinski definition) is 2. The van der Waals surface area contributed by atoms with E-state index in [0.717, 1.165) is 33.2 Å². The Bertz CT molecular complexity index is 824. The molecular formula is C20H19IN2O2. The van der Waals surface area contributed by atoms with Crippen LogP contribution < -0.4 is 10.6 Å². The number of anilines is 1. The monoisotopic (exact) mass is 446 g/mol. The first-order chi connectivity index (χ1) is 12.0. The fourth-order valence-corrected chi connectivity index (χ4v) is 3.00. The highest BCUT2D eigenvalue weighted by Crippen LogP contribution is 2.20. The van der Waals surface area contributed by atoms with Gasteiger partial charge in [0.05, 0.1) is 0 Å². The fourth-order valence-electron chi connectivity index (χ4n) is 2.36. The Labute approximate surface area is 160 Å². The third kappa shape index (κ3) is 5.16. The van der Waals surface area contributed by atoms with Gasteiger partial charge in [-0.1, -0.05) is 12.1 Å². The summed E-state index contributed by atoms with van der Waals surface area (Å²) in [6, 6.07) is 13.4. The van der Waals surface area contributed by atoms with Crippen LogP contribution in [-0.4, -0.2) is 17.9 Å². The molecule has 5 heteroatoms. The van der Waals surface area contributed by atoms with Crippen LogP contribution in [0.15, 0.2) is 48.5 Å². The summed E-state index contributed by atoms with van der Waals surface area (Å²) in [5.74, 6) is -0.218. The minimum Gasteiger partial charge on any atom is -0.349 e. The van der Waals surface area contributed by atoms with Crippen LogP contribution in [0.1, 0.15) is 34.3 Å². The number of nitrogens with one attached hydrogen (secondary N) is 2. The van der Waals surface area contributed by atoms with Crippen LogP contribution >= 0.6 is 22.6 Å². The molecule has 1 fully saturated rings. The summed E-state index contributed by atoms with van der Waals surface area (Å²) in [7, 11) is 0. The van der Waals surface area contributed by atoms with Crippen LogP contribution in [0.4, 0.5) is 5.69 Å². The normalized spacial score (nSPS) is 13.7. The van der Waals surface area contributed by atoms with Crippen molar-refractivity contribution in [1.82, 2.24) is 5.32 Å². The number of halogens is 1. The molecule has 3 rings (SSSR count). The number of amides is 2. The quantitative estimate of drug-likeness (QED) is 0.536. The molecule has 0 unspecified atom stereocenters. The highest BCUT2D eigenvalue weighted by atomic mass is 127. The van der Waals surface area contributed by atoms with Crippen molar-refractivity contribution in [2.45, 2.75) is 25.8 Å². The zero-order valence-electron chi connectivity index (χ0n) is 13.9. The van der Waals surface area contributed by atoms with Gasteiger partial charge in [0.2, 0.25) is 5.91 Å². The van der Waals surface area contributed by atoms with Gasteiger partial charge in [-0.05, 0) is 89.9 Å². The Morgan fingerprint density at radius 3 is 2.48 bits per heavy atom. The smallest absolute Gasteiger partial charge is 0.251 e. The Kier molecular flexibility index (Phi) is 5.53. The van der Waals surface area contributed by atoms with Gasteiger partial charge in [-0.15, -0.1) is 0 Å². The van der Waals surface area contributed by atoms with Crippen molar-refractivity contribution in [2.75, 3.05) is 5.32 Å². The van der Waals surface area contributed by atoms with Gasteiger partial charge in [-0.2, -0.15) is 0 Å². The van der Waals surface area contributed by atoms with E-state index in [1.165, 1.54) is 6.08 Å². The van der Waals surface area contributed by atoms with Crippen LogP contribution in [0.25, 0.3) is 6.08 Å². The zero-order valence-corrected chi connectivity index (χ0v) is 16.0. The summed E-state index contributed by atoms with van der Waals surface area (Å²) in [5.41, 5.74) is 3.35. The van der Waals surface area contributed by atoms with E-state index in [2.05, 4.69) is 33.2 Å². The molecule has 4 nitrogen and oxygen atoms in total. The second-order valence-corrected chi connectivity index (χ2v) is 7.40. The molecule has 2 aromatic carbocycles. The third-order valence-electron chi connectivity index (χ3n) is 3.96. The number of rotatable bonds is 5. The van der Waals surface area contributed by atoms with Crippen molar-refractivity contribution in [3.8, 4) is 0 Å². The molecule has 2 amide bonds. The van der Waals surface area contributed by atoms with Crippen LogP contribution in [0.2, 0.25) is 0 Å². The molecule has 0 heterocycles. The van der Waals surface area contributed by atoms with Crippen molar-refractivity contribution in [3.05, 3.63) is 68.8 Å². The van der Waals surface area contributed by atoms with Gasteiger partial charge in [-0.3, -0.25) is 9.59 Å². The topological polar surface area (TPSA) is 58.2 Å². The molecule has 2 aromatic rings. The van der Waals surface area contributed by atoms with Gasteiger partial charge in [0.15, 0.2) is 0 Å². The van der Waals surface area contributed by atoms with E-state index < -0.39 is 0 Å². The van der Waals surface area contributed by atoms with Crippen LogP contribution in [0.3, 0.4) is 0 Å². The molecule has 0 radical (unpaired) electrons. The van der Waals surface area contributed by atoms with Crippen molar-refractivity contribution in [2.24, 2.45) is 0 Å². The van der Waals surface area contributed by atoms with Gasteiger partial charge in [0.1, 0.15) is 0 Å². The van der Waals surface area contributed by atoms with Crippen molar-refractivity contribution in [3.63, 3.8) is 0 Å². The maximum atomic E-state index is 12.1. The number of carbonyl (C=O) groups excluding carboxylic acids is 2. The molecule has 1 saturated carbocycles. The van der Waals surface area contributed by atoms with Crippen molar-refractivity contribution in [1.29, 1.82) is 0 Å². The molecule has 128 valence electrons. The summed E-state index contributed by atoms with van der Waals surface area (Å²) in [6.07, 6.45) is 5.38. The van der Waals surface area contributed by atoms with Gasteiger partial charge >= 0.3 is 0 Å². The molecule has 1 aliphatic rings. The van der Waals surface area contributed by atoms with Crippen LogP contribution in [-0.2, 0) is 4.79 Å². The molecule has 0 aliphatic heterocycles. The summed E-state index contributed by atoms with van der Waals surface area (Å²) in [4.78, 5) is 24.0. The predicted molar refractivity (Wildman–Crippen MR) is 108 cm³/mol. The summed E-state index contributed by atoms with van der Waals surface area (Å²) in [5, 5.41) is 5.83. The molecule has 0 bridgehead atoms. The molecule has 25 heavy (non-hydrogen) atoms. The van der Waals surface area contributed by atoms with Gasteiger partial charge in [0, 0.05) is 26.9 Å². The number of aryl methyl sites for hydroxylation is 1. The average Bonchev–Trinajstić information content (AvgIpc) is 3.40. The highest BCUT2D eigenvalue weighted by molar-refractivity contribution is 14.1. The number of benzene rings is 2. The van der Waals surface area contributed by atoms with E-state index >= 15 is 0 Å². The second-order valence-electron chi connectivity index (χ2n) is 6.15. The second kappa shape index (κ2) is 7.82.